The van der Waals surface area contributed by atoms with E-state index in [-0.39, 0.29) is 0 Å². The van der Waals surface area contributed by atoms with Gasteiger partial charge in [-0.05, 0) is 51.0 Å². The van der Waals surface area contributed by atoms with E-state index in [1.165, 1.54) is 64.7 Å². The number of hydrogen-bond donors (Lipinski definition) is 0. The van der Waals surface area contributed by atoms with Crippen molar-refractivity contribution in [3.8, 4) is 0 Å². The van der Waals surface area contributed by atoms with Crippen molar-refractivity contribution in [2.24, 2.45) is 5.41 Å². The molecule has 0 spiro atoms. The van der Waals surface area contributed by atoms with Crippen LogP contribution in [-0.2, 0) is 0 Å². The highest BCUT2D eigenvalue weighted by atomic mass is 15.3. The molecule has 0 N–H and O–H groups in total. The largest absolute Gasteiger partial charge is 0.298 e. The highest BCUT2D eigenvalue weighted by Gasteiger charge is 2.45. The van der Waals surface area contributed by atoms with Crippen molar-refractivity contribution >= 4 is 0 Å². The van der Waals surface area contributed by atoms with E-state index < -0.39 is 0 Å². The van der Waals surface area contributed by atoms with Gasteiger partial charge in [-0.25, -0.2) is 0 Å². The van der Waals surface area contributed by atoms with E-state index in [9.17, 15) is 0 Å². The van der Waals surface area contributed by atoms with E-state index in [1.54, 1.807) is 0 Å². The van der Waals surface area contributed by atoms with Gasteiger partial charge in [0.2, 0.25) is 0 Å². The number of rotatable bonds is 4. The highest BCUT2D eigenvalue weighted by Crippen LogP contribution is 2.50. The zero-order valence-corrected chi connectivity index (χ0v) is 11.6. The van der Waals surface area contributed by atoms with Crippen molar-refractivity contribution in [3.05, 3.63) is 0 Å². The van der Waals surface area contributed by atoms with Crippen molar-refractivity contribution in [3.63, 3.8) is 0 Å². The molecule has 2 saturated heterocycles. The highest BCUT2D eigenvalue weighted by molar-refractivity contribution is 4.99. The van der Waals surface area contributed by atoms with Gasteiger partial charge in [0.1, 0.15) is 0 Å². The van der Waals surface area contributed by atoms with E-state index in [1.807, 2.05) is 0 Å². The van der Waals surface area contributed by atoms with Crippen molar-refractivity contribution in [1.29, 1.82) is 0 Å². The third-order valence-electron chi connectivity index (χ3n) is 5.34. The maximum absolute atomic E-state index is 2.81. The maximum atomic E-state index is 2.81. The molecule has 3 fully saturated rings. The van der Waals surface area contributed by atoms with Crippen LogP contribution in [0.1, 0.15) is 52.4 Å². The Hall–Kier alpha value is -0.0800. The SMILES string of the molecule is CCCC1(CN2CC3CCCN3CC2C)CC1. The first-order valence-electron chi connectivity index (χ1n) is 7.70. The number of nitrogens with zero attached hydrogens (tertiary/aromatic N) is 2. The Kier molecular flexibility index (Phi) is 3.20. The molecule has 2 aliphatic heterocycles. The molecule has 0 aromatic carbocycles. The minimum atomic E-state index is 0.740. The predicted octanol–water partition coefficient (Wildman–Crippen LogP) is 2.74. The zero-order valence-electron chi connectivity index (χ0n) is 11.6. The van der Waals surface area contributed by atoms with Crippen LogP contribution in [0.5, 0.6) is 0 Å². The lowest BCUT2D eigenvalue weighted by Gasteiger charge is -2.43. The number of hydrogen-bond acceptors (Lipinski definition) is 2. The number of piperazine rings is 1. The summed E-state index contributed by atoms with van der Waals surface area (Å²) in [6.07, 6.45) is 8.72. The van der Waals surface area contributed by atoms with Crippen LogP contribution >= 0.6 is 0 Å². The van der Waals surface area contributed by atoms with Gasteiger partial charge in [0.15, 0.2) is 0 Å². The topological polar surface area (TPSA) is 6.48 Å². The smallest absolute Gasteiger partial charge is 0.0224 e. The van der Waals surface area contributed by atoms with Gasteiger partial charge in [0, 0.05) is 31.7 Å². The van der Waals surface area contributed by atoms with Crippen LogP contribution in [0.15, 0.2) is 0 Å². The molecular weight excluding hydrogens is 208 g/mol. The first-order chi connectivity index (χ1) is 8.22. The standard InChI is InChI=1S/C15H28N2/c1-3-6-15(7-8-15)12-17-11-14-5-4-9-16(14)10-13(17)2/h13-14H,3-12H2,1-2H3. The van der Waals surface area contributed by atoms with Gasteiger partial charge in [-0.2, -0.15) is 0 Å². The Morgan fingerprint density at radius 1 is 1.24 bits per heavy atom. The third kappa shape index (κ3) is 2.39. The van der Waals surface area contributed by atoms with Gasteiger partial charge in [-0.3, -0.25) is 9.80 Å². The summed E-state index contributed by atoms with van der Waals surface area (Å²) < 4.78 is 0. The van der Waals surface area contributed by atoms with Gasteiger partial charge in [0.25, 0.3) is 0 Å². The molecule has 98 valence electrons. The lowest BCUT2D eigenvalue weighted by atomic mass is 9.97. The molecule has 0 radical (unpaired) electrons. The third-order valence-corrected chi connectivity index (χ3v) is 5.34. The van der Waals surface area contributed by atoms with E-state index in [4.69, 9.17) is 0 Å². The van der Waals surface area contributed by atoms with Crippen LogP contribution in [0.4, 0.5) is 0 Å². The molecule has 2 heterocycles. The summed E-state index contributed by atoms with van der Waals surface area (Å²) in [5, 5.41) is 0. The Balaban J connectivity index is 1.59. The second-order valence-electron chi connectivity index (χ2n) is 6.82. The van der Waals surface area contributed by atoms with Gasteiger partial charge in [-0.15, -0.1) is 0 Å². The average Bonchev–Trinajstić information content (AvgIpc) is 2.89. The normalized spacial score (nSPS) is 37.1. The molecule has 2 nitrogen and oxygen atoms in total. The maximum Gasteiger partial charge on any atom is 0.0224 e. The molecule has 2 unspecified atom stereocenters. The molecule has 17 heavy (non-hydrogen) atoms. The molecule has 2 atom stereocenters. The summed E-state index contributed by atoms with van der Waals surface area (Å²) >= 11 is 0. The Bertz CT molecular complexity index is 272. The van der Waals surface area contributed by atoms with Crippen molar-refractivity contribution in [2.75, 3.05) is 26.2 Å². The lowest BCUT2D eigenvalue weighted by molar-refractivity contribution is 0.0432. The molecule has 0 amide bonds. The van der Waals surface area contributed by atoms with Gasteiger partial charge >= 0.3 is 0 Å². The van der Waals surface area contributed by atoms with Gasteiger partial charge in [-0.1, -0.05) is 13.3 Å². The van der Waals surface area contributed by atoms with Gasteiger partial charge < -0.3 is 0 Å². The van der Waals surface area contributed by atoms with Crippen LogP contribution in [0, 0.1) is 5.41 Å². The summed E-state index contributed by atoms with van der Waals surface area (Å²) in [6.45, 7) is 10.2. The first kappa shape index (κ1) is 12.0. The molecule has 0 aromatic rings. The predicted molar refractivity (Wildman–Crippen MR) is 72.2 cm³/mol. The summed E-state index contributed by atoms with van der Waals surface area (Å²) in [4.78, 5) is 5.55. The molecule has 1 aliphatic carbocycles. The van der Waals surface area contributed by atoms with Crippen molar-refractivity contribution < 1.29 is 0 Å². The quantitative estimate of drug-likeness (QED) is 0.740. The minimum Gasteiger partial charge on any atom is -0.298 e. The fourth-order valence-corrected chi connectivity index (χ4v) is 4.09. The van der Waals surface area contributed by atoms with Crippen LogP contribution in [0.3, 0.4) is 0 Å². The van der Waals surface area contributed by atoms with E-state index >= 15 is 0 Å². The summed E-state index contributed by atoms with van der Waals surface area (Å²) in [5.74, 6) is 0. The summed E-state index contributed by atoms with van der Waals surface area (Å²) in [5.41, 5.74) is 0.740. The second-order valence-corrected chi connectivity index (χ2v) is 6.82. The van der Waals surface area contributed by atoms with E-state index in [0.29, 0.717) is 0 Å². The Morgan fingerprint density at radius 3 is 2.76 bits per heavy atom. The fourth-order valence-electron chi connectivity index (χ4n) is 4.09. The van der Waals surface area contributed by atoms with Gasteiger partial charge in [0.05, 0.1) is 0 Å². The average molecular weight is 236 g/mol. The fraction of sp³-hybridized carbons (Fsp3) is 1.00. The van der Waals surface area contributed by atoms with Crippen LogP contribution < -0.4 is 0 Å². The first-order valence-corrected chi connectivity index (χ1v) is 7.70. The van der Waals surface area contributed by atoms with E-state index in [0.717, 1.165) is 17.5 Å². The molecule has 0 aromatic heterocycles. The molecule has 3 rings (SSSR count). The summed E-state index contributed by atoms with van der Waals surface area (Å²) in [7, 11) is 0. The zero-order chi connectivity index (χ0) is 11.9. The van der Waals surface area contributed by atoms with Crippen molar-refractivity contribution in [2.45, 2.75) is 64.5 Å². The second kappa shape index (κ2) is 4.55. The molecule has 0 bridgehead atoms. The molecular formula is C15H28N2. The molecule has 1 saturated carbocycles. The monoisotopic (exact) mass is 236 g/mol. The molecule has 3 aliphatic rings. The summed E-state index contributed by atoms with van der Waals surface area (Å²) in [6, 6.07) is 1.68. The Labute approximate surface area is 106 Å². The van der Waals surface area contributed by atoms with E-state index in [2.05, 4.69) is 23.6 Å². The lowest BCUT2D eigenvalue weighted by Crippen LogP contribution is -2.56. The van der Waals surface area contributed by atoms with Crippen LogP contribution in [-0.4, -0.2) is 48.1 Å². The van der Waals surface area contributed by atoms with Crippen LogP contribution in [0.25, 0.3) is 0 Å². The van der Waals surface area contributed by atoms with Crippen LogP contribution in [0.2, 0.25) is 0 Å². The van der Waals surface area contributed by atoms with Crippen molar-refractivity contribution in [1.82, 2.24) is 9.80 Å². The molecule has 2 heteroatoms. The minimum absolute atomic E-state index is 0.740. The number of fused-ring (bicyclic) bond motifs is 1. The Morgan fingerprint density at radius 2 is 2.06 bits per heavy atom.